The third kappa shape index (κ3) is 3.05. The van der Waals surface area contributed by atoms with Gasteiger partial charge in [0.05, 0.1) is 0 Å². The fraction of sp³-hybridized carbons (Fsp3) is 0. The topological polar surface area (TPSA) is 26.3 Å². The Morgan fingerprint density at radius 1 is 0.300 bits per heavy atom. The molecule has 2 nitrogen and oxygen atoms in total. The predicted molar refractivity (Wildman–Crippen MR) is 167 cm³/mol. The maximum Gasteiger partial charge on any atom is 0.178 e. The van der Waals surface area contributed by atoms with Crippen molar-refractivity contribution in [3.63, 3.8) is 0 Å². The highest BCUT2D eigenvalue weighted by atomic mass is 16.4. The molecule has 0 amide bonds. The van der Waals surface area contributed by atoms with Crippen LogP contribution in [0.1, 0.15) is 0 Å². The Morgan fingerprint density at radius 2 is 0.725 bits per heavy atom. The Morgan fingerprint density at radius 3 is 1.20 bits per heavy atom. The van der Waals surface area contributed by atoms with Crippen LogP contribution in [-0.2, 0) is 0 Å². The summed E-state index contributed by atoms with van der Waals surface area (Å²) < 4.78 is 13.4. The fourth-order valence-electron chi connectivity index (χ4n) is 6.28. The van der Waals surface area contributed by atoms with E-state index in [-0.39, 0.29) is 0 Å². The van der Waals surface area contributed by atoms with Gasteiger partial charge in [-0.2, -0.15) is 0 Å². The number of rotatable bonds is 2. The maximum absolute atomic E-state index is 6.70. The van der Waals surface area contributed by atoms with Gasteiger partial charge in [0.2, 0.25) is 0 Å². The maximum atomic E-state index is 6.70. The third-order valence-electron chi connectivity index (χ3n) is 8.25. The smallest absolute Gasteiger partial charge is 0.178 e. The third-order valence-corrected chi connectivity index (χ3v) is 8.25. The van der Waals surface area contributed by atoms with Crippen molar-refractivity contribution in [2.45, 2.75) is 0 Å². The Balaban J connectivity index is 1.29. The first-order chi connectivity index (χ1) is 19.8. The molecule has 9 rings (SSSR count). The van der Waals surface area contributed by atoms with E-state index in [1.165, 1.54) is 21.5 Å². The Kier molecular flexibility index (Phi) is 4.36. The molecule has 0 unspecified atom stereocenters. The molecule has 0 aliphatic carbocycles. The average molecular weight is 511 g/mol. The van der Waals surface area contributed by atoms with Crippen LogP contribution in [0.5, 0.6) is 0 Å². The zero-order chi connectivity index (χ0) is 26.2. The molecule has 0 aliphatic rings. The van der Waals surface area contributed by atoms with Crippen molar-refractivity contribution < 1.29 is 8.83 Å². The van der Waals surface area contributed by atoms with Gasteiger partial charge in [-0.3, -0.25) is 0 Å². The highest BCUT2D eigenvalue weighted by molar-refractivity contribution is 6.21. The van der Waals surface area contributed by atoms with E-state index in [4.69, 9.17) is 8.83 Å². The molecule has 2 heteroatoms. The van der Waals surface area contributed by atoms with Gasteiger partial charge in [0.1, 0.15) is 11.2 Å². The molecule has 2 heterocycles. The molecule has 186 valence electrons. The molecule has 7 aromatic carbocycles. The summed E-state index contributed by atoms with van der Waals surface area (Å²) in [7, 11) is 0. The van der Waals surface area contributed by atoms with Gasteiger partial charge in [-0.1, -0.05) is 109 Å². The normalized spacial score (nSPS) is 12.0. The molecule has 0 saturated carbocycles. The second-order valence-electron chi connectivity index (χ2n) is 10.5. The van der Waals surface area contributed by atoms with Crippen LogP contribution in [0.2, 0.25) is 0 Å². The van der Waals surface area contributed by atoms with Gasteiger partial charge >= 0.3 is 0 Å². The molecule has 2 aromatic heterocycles. The molecule has 0 atom stereocenters. The standard InChI is InChI=1S/C38H22O2/c1-3-9-25-21-27(17-15-23(25)7-1)29-11-5-13-31-33-19-20-34-32-14-6-12-30(36(32)40-38(34)37(33)39-35(29)31)28-18-16-24-8-2-4-10-26(24)22-28/h1-22H. The van der Waals surface area contributed by atoms with Crippen LogP contribution in [0.3, 0.4) is 0 Å². The van der Waals surface area contributed by atoms with Gasteiger partial charge in [0, 0.05) is 32.7 Å². The van der Waals surface area contributed by atoms with Gasteiger partial charge in [0.25, 0.3) is 0 Å². The zero-order valence-corrected chi connectivity index (χ0v) is 21.5. The van der Waals surface area contributed by atoms with Gasteiger partial charge in [-0.15, -0.1) is 0 Å². The average Bonchev–Trinajstić information content (AvgIpc) is 3.59. The van der Waals surface area contributed by atoms with Crippen molar-refractivity contribution in [3.8, 4) is 22.3 Å². The van der Waals surface area contributed by atoms with Gasteiger partial charge in [0.15, 0.2) is 11.2 Å². The van der Waals surface area contributed by atoms with Crippen molar-refractivity contribution in [1.29, 1.82) is 0 Å². The van der Waals surface area contributed by atoms with Crippen LogP contribution >= 0.6 is 0 Å². The molecule has 0 N–H and O–H groups in total. The lowest BCUT2D eigenvalue weighted by atomic mass is 9.98. The lowest BCUT2D eigenvalue weighted by molar-refractivity contribution is 0.634. The summed E-state index contributed by atoms with van der Waals surface area (Å²) in [6.45, 7) is 0. The van der Waals surface area contributed by atoms with E-state index in [0.717, 1.165) is 66.1 Å². The quantitative estimate of drug-likeness (QED) is 0.231. The molecule has 0 spiro atoms. The van der Waals surface area contributed by atoms with Crippen LogP contribution < -0.4 is 0 Å². The molecular weight excluding hydrogens is 488 g/mol. The molecule has 0 fully saturated rings. The number of benzene rings is 7. The number of furan rings is 2. The largest absolute Gasteiger partial charge is 0.451 e. The Bertz CT molecular complexity index is 2260. The van der Waals surface area contributed by atoms with Crippen LogP contribution in [0.25, 0.3) is 87.7 Å². The monoisotopic (exact) mass is 510 g/mol. The van der Waals surface area contributed by atoms with E-state index >= 15 is 0 Å². The van der Waals surface area contributed by atoms with E-state index in [2.05, 4.69) is 133 Å². The fourth-order valence-corrected chi connectivity index (χ4v) is 6.28. The second-order valence-corrected chi connectivity index (χ2v) is 10.5. The highest BCUT2D eigenvalue weighted by Gasteiger charge is 2.19. The Hall–Kier alpha value is -5.34. The van der Waals surface area contributed by atoms with Crippen LogP contribution in [0, 0.1) is 0 Å². The molecule has 0 bridgehead atoms. The summed E-state index contributed by atoms with van der Waals surface area (Å²) in [6, 6.07) is 47.2. The Labute approximate surface area is 229 Å². The van der Waals surface area contributed by atoms with Crippen molar-refractivity contribution in [2.24, 2.45) is 0 Å². The van der Waals surface area contributed by atoms with Crippen LogP contribution in [0.4, 0.5) is 0 Å². The van der Waals surface area contributed by atoms with E-state index in [9.17, 15) is 0 Å². The molecule has 0 aliphatic heterocycles. The van der Waals surface area contributed by atoms with E-state index in [0.29, 0.717) is 0 Å². The van der Waals surface area contributed by atoms with Crippen molar-refractivity contribution in [2.75, 3.05) is 0 Å². The van der Waals surface area contributed by atoms with Crippen LogP contribution in [-0.4, -0.2) is 0 Å². The minimum absolute atomic E-state index is 0.793. The summed E-state index contributed by atoms with van der Waals surface area (Å²) in [4.78, 5) is 0. The van der Waals surface area contributed by atoms with Crippen molar-refractivity contribution in [1.82, 2.24) is 0 Å². The van der Waals surface area contributed by atoms with E-state index < -0.39 is 0 Å². The zero-order valence-electron chi connectivity index (χ0n) is 21.5. The first-order valence-corrected chi connectivity index (χ1v) is 13.6. The van der Waals surface area contributed by atoms with E-state index in [1.54, 1.807) is 0 Å². The summed E-state index contributed by atoms with van der Waals surface area (Å²) in [6.07, 6.45) is 0. The number of hydrogen-bond acceptors (Lipinski definition) is 2. The van der Waals surface area contributed by atoms with Gasteiger partial charge in [-0.05, 0) is 56.9 Å². The van der Waals surface area contributed by atoms with Crippen molar-refractivity contribution >= 4 is 65.4 Å². The second kappa shape index (κ2) is 8.08. The van der Waals surface area contributed by atoms with Crippen LogP contribution in [0.15, 0.2) is 142 Å². The van der Waals surface area contributed by atoms with Crippen molar-refractivity contribution in [3.05, 3.63) is 133 Å². The minimum atomic E-state index is 0.793. The number of para-hydroxylation sites is 2. The predicted octanol–water partition coefficient (Wildman–Crippen LogP) is 11.1. The molecular formula is C38H22O2. The summed E-state index contributed by atoms with van der Waals surface area (Å²) >= 11 is 0. The highest BCUT2D eigenvalue weighted by Crippen LogP contribution is 2.43. The molecule has 9 aromatic rings. The van der Waals surface area contributed by atoms with Gasteiger partial charge in [-0.25, -0.2) is 0 Å². The lowest BCUT2D eigenvalue weighted by Crippen LogP contribution is -1.80. The summed E-state index contributed by atoms with van der Waals surface area (Å²) in [5.74, 6) is 0. The van der Waals surface area contributed by atoms with E-state index in [1.807, 2.05) is 0 Å². The number of fused-ring (bicyclic) bond motifs is 9. The molecule has 40 heavy (non-hydrogen) atoms. The van der Waals surface area contributed by atoms with Gasteiger partial charge < -0.3 is 8.83 Å². The first-order valence-electron chi connectivity index (χ1n) is 13.6. The lowest BCUT2D eigenvalue weighted by Gasteiger charge is -2.05. The minimum Gasteiger partial charge on any atom is -0.451 e. The SMILES string of the molecule is c1ccc2cc(-c3cccc4c3oc3c4ccc4c5cccc(-c6ccc7ccccc7c6)c5oc43)ccc2c1. The molecule has 0 radical (unpaired) electrons. The first kappa shape index (κ1) is 21.6. The molecule has 0 saturated heterocycles. The number of hydrogen-bond donors (Lipinski definition) is 0. The summed E-state index contributed by atoms with van der Waals surface area (Å²) in [5, 5.41) is 9.22. The summed E-state index contributed by atoms with van der Waals surface area (Å²) in [5.41, 5.74) is 7.81.